The molecule has 0 atom stereocenters. The molecule has 2 aromatic heterocycles. The first-order valence-electron chi connectivity index (χ1n) is 9.10. The van der Waals surface area contributed by atoms with Gasteiger partial charge >= 0.3 is 0 Å². The van der Waals surface area contributed by atoms with Crippen molar-refractivity contribution in [3.05, 3.63) is 74.8 Å². The van der Waals surface area contributed by atoms with E-state index in [4.69, 9.17) is 28.2 Å². The quantitative estimate of drug-likeness (QED) is 0.439. The zero-order chi connectivity index (χ0) is 19.4. The molecule has 28 heavy (non-hydrogen) atoms. The van der Waals surface area contributed by atoms with Gasteiger partial charge in [-0.2, -0.15) is 5.26 Å². The first-order valence-corrected chi connectivity index (χ1v) is 9.85. The van der Waals surface area contributed by atoms with Gasteiger partial charge in [-0.3, -0.25) is 4.40 Å². The van der Waals surface area contributed by atoms with E-state index in [9.17, 15) is 5.26 Å². The predicted molar refractivity (Wildman–Crippen MR) is 113 cm³/mol. The lowest BCUT2D eigenvalue weighted by Crippen LogP contribution is -2.22. The number of pyridine rings is 1. The first-order chi connectivity index (χ1) is 13.6. The molecule has 4 nitrogen and oxygen atoms in total. The van der Waals surface area contributed by atoms with E-state index in [1.165, 1.54) is 5.56 Å². The van der Waals surface area contributed by atoms with Crippen LogP contribution in [0.25, 0.3) is 16.7 Å². The van der Waals surface area contributed by atoms with Crippen LogP contribution in [0.5, 0.6) is 0 Å². The molecule has 1 aliphatic heterocycles. The monoisotopic (exact) mass is 406 g/mol. The first kappa shape index (κ1) is 17.4. The van der Waals surface area contributed by atoms with E-state index >= 15 is 0 Å². The Balaban J connectivity index is 1.76. The molecule has 0 fully saturated rings. The Hall–Kier alpha value is -2.74. The molecule has 3 heterocycles. The minimum Gasteiger partial charge on any atom is -0.353 e. The minimum absolute atomic E-state index is 0.632. The molecule has 0 aliphatic carbocycles. The van der Waals surface area contributed by atoms with Gasteiger partial charge in [0.1, 0.15) is 11.9 Å². The van der Waals surface area contributed by atoms with Gasteiger partial charge in [-0.1, -0.05) is 41.4 Å². The Labute approximate surface area is 172 Å². The summed E-state index contributed by atoms with van der Waals surface area (Å²) in [4.78, 5) is 7.08. The number of rotatable bonds is 2. The number of hydrogen-bond donors (Lipinski definition) is 0. The van der Waals surface area contributed by atoms with Crippen LogP contribution in [-0.4, -0.2) is 15.9 Å². The molecule has 0 saturated carbocycles. The lowest BCUT2D eigenvalue weighted by atomic mass is 10.0. The zero-order valence-corrected chi connectivity index (χ0v) is 16.7. The molecule has 0 N–H and O–H groups in total. The van der Waals surface area contributed by atoms with Crippen LogP contribution in [0.2, 0.25) is 10.0 Å². The van der Waals surface area contributed by atoms with Crippen LogP contribution < -0.4 is 4.90 Å². The second kappa shape index (κ2) is 6.41. The predicted octanol–water partition coefficient (Wildman–Crippen LogP) is 5.54. The van der Waals surface area contributed by atoms with Crippen molar-refractivity contribution in [1.82, 2.24) is 9.38 Å². The van der Waals surface area contributed by atoms with E-state index in [-0.39, 0.29) is 0 Å². The number of anilines is 1. The van der Waals surface area contributed by atoms with Gasteiger partial charge in [0.05, 0.1) is 16.6 Å². The molecule has 1 aliphatic rings. The Kier molecular flexibility index (Phi) is 3.97. The second-order valence-electron chi connectivity index (χ2n) is 7.08. The Bertz CT molecular complexity index is 1300. The van der Waals surface area contributed by atoms with Crippen molar-refractivity contribution in [2.24, 2.45) is 0 Å². The van der Waals surface area contributed by atoms with E-state index in [1.54, 1.807) is 6.07 Å². The van der Waals surface area contributed by atoms with E-state index in [1.807, 2.05) is 37.3 Å². The van der Waals surface area contributed by atoms with Gasteiger partial charge in [0.25, 0.3) is 0 Å². The summed E-state index contributed by atoms with van der Waals surface area (Å²) >= 11 is 12.5. The molecule has 2 aromatic carbocycles. The fourth-order valence-corrected chi connectivity index (χ4v) is 4.63. The molecule has 0 radical (unpaired) electrons. The number of imidazole rings is 1. The van der Waals surface area contributed by atoms with Gasteiger partial charge in [-0.15, -0.1) is 0 Å². The molecular formula is C22H16Cl2N4. The van der Waals surface area contributed by atoms with Crippen LogP contribution in [0.3, 0.4) is 0 Å². The van der Waals surface area contributed by atoms with Crippen LogP contribution in [0.15, 0.2) is 42.5 Å². The topological polar surface area (TPSA) is 44.3 Å². The molecule has 0 saturated heterocycles. The summed E-state index contributed by atoms with van der Waals surface area (Å²) < 4.78 is 2.13. The number of hydrogen-bond acceptors (Lipinski definition) is 3. The third-order valence-corrected chi connectivity index (χ3v) is 6.10. The summed E-state index contributed by atoms with van der Waals surface area (Å²) in [6.45, 7) is 3.57. The maximum Gasteiger partial charge on any atom is 0.157 e. The normalized spacial score (nSPS) is 13.3. The molecule has 5 rings (SSSR count). The molecule has 0 unspecified atom stereocenters. The zero-order valence-electron chi connectivity index (χ0n) is 15.2. The highest BCUT2D eigenvalue weighted by Crippen LogP contribution is 2.38. The van der Waals surface area contributed by atoms with Gasteiger partial charge in [0, 0.05) is 23.1 Å². The van der Waals surface area contributed by atoms with Crippen LogP contribution in [-0.2, 0) is 13.0 Å². The summed E-state index contributed by atoms with van der Waals surface area (Å²) in [5, 5.41) is 11.1. The average Bonchev–Trinajstić information content (AvgIpc) is 3.26. The van der Waals surface area contributed by atoms with Crippen LogP contribution >= 0.6 is 23.2 Å². The number of nitriles is 1. The van der Waals surface area contributed by atoms with Crippen LogP contribution in [0, 0.1) is 18.3 Å². The van der Waals surface area contributed by atoms with Crippen LogP contribution in [0.4, 0.5) is 5.82 Å². The summed E-state index contributed by atoms with van der Waals surface area (Å²) in [6, 6.07) is 16.0. The van der Waals surface area contributed by atoms with Gasteiger partial charge in [0.2, 0.25) is 0 Å². The highest BCUT2D eigenvalue weighted by Gasteiger charge is 2.29. The highest BCUT2D eigenvalue weighted by atomic mass is 35.5. The largest absolute Gasteiger partial charge is 0.353 e. The molecule has 0 amide bonds. The number of halogens is 2. The Morgan fingerprint density at radius 3 is 2.79 bits per heavy atom. The van der Waals surface area contributed by atoms with Crippen molar-refractivity contribution in [3.63, 3.8) is 0 Å². The molecule has 0 bridgehead atoms. The van der Waals surface area contributed by atoms with Crippen molar-refractivity contribution in [3.8, 4) is 6.07 Å². The maximum absolute atomic E-state index is 9.79. The third-order valence-electron chi connectivity index (χ3n) is 5.51. The lowest BCUT2D eigenvalue weighted by molar-refractivity contribution is 0.821. The number of aromatic nitrogens is 2. The third kappa shape index (κ3) is 2.47. The van der Waals surface area contributed by atoms with E-state index in [2.05, 4.69) is 21.4 Å². The lowest BCUT2D eigenvalue weighted by Gasteiger charge is -2.22. The Morgan fingerprint density at radius 2 is 2.00 bits per heavy atom. The second-order valence-corrected chi connectivity index (χ2v) is 7.92. The number of fused-ring (bicyclic) bond motifs is 5. The summed E-state index contributed by atoms with van der Waals surface area (Å²) in [6.07, 6.45) is 0.892. The maximum atomic E-state index is 9.79. The van der Waals surface area contributed by atoms with E-state index < -0.39 is 0 Å². The van der Waals surface area contributed by atoms with Crippen molar-refractivity contribution in [2.45, 2.75) is 19.9 Å². The Morgan fingerprint density at radius 1 is 1.18 bits per heavy atom. The number of benzene rings is 2. The van der Waals surface area contributed by atoms with Gasteiger partial charge in [-0.05, 0) is 54.3 Å². The average molecular weight is 407 g/mol. The van der Waals surface area contributed by atoms with E-state index in [0.717, 1.165) is 40.9 Å². The summed E-state index contributed by atoms with van der Waals surface area (Å²) in [5.41, 5.74) is 6.53. The highest BCUT2D eigenvalue weighted by molar-refractivity contribution is 6.35. The minimum atomic E-state index is 0.632. The van der Waals surface area contributed by atoms with Gasteiger partial charge in [-0.25, -0.2) is 4.98 Å². The summed E-state index contributed by atoms with van der Waals surface area (Å²) in [7, 11) is 0. The van der Waals surface area contributed by atoms with Gasteiger partial charge < -0.3 is 4.90 Å². The van der Waals surface area contributed by atoms with E-state index in [0.29, 0.717) is 27.8 Å². The van der Waals surface area contributed by atoms with Crippen molar-refractivity contribution >= 4 is 45.7 Å². The van der Waals surface area contributed by atoms with Crippen molar-refractivity contribution < 1.29 is 0 Å². The fourth-order valence-electron chi connectivity index (χ4n) is 4.16. The van der Waals surface area contributed by atoms with Crippen LogP contribution in [0.1, 0.15) is 22.3 Å². The number of nitrogens with zero attached hydrogens (tertiary/aromatic N) is 4. The molecular weight excluding hydrogens is 391 g/mol. The molecule has 6 heteroatoms. The smallest absolute Gasteiger partial charge is 0.157 e. The number of para-hydroxylation sites is 2. The van der Waals surface area contributed by atoms with Crippen molar-refractivity contribution in [2.75, 3.05) is 11.4 Å². The molecule has 4 aromatic rings. The van der Waals surface area contributed by atoms with Gasteiger partial charge in [0.15, 0.2) is 5.65 Å². The summed E-state index contributed by atoms with van der Waals surface area (Å²) in [5.74, 6) is 1.10. The fraction of sp³-hybridized carbons (Fsp3) is 0.182. The van der Waals surface area contributed by atoms with Crippen molar-refractivity contribution in [1.29, 1.82) is 5.26 Å². The standard InChI is InChI=1S/C22H16Cl2N4/c1-13-16-8-9-27(12-14-6-7-15(23)10-18(14)24)22(16)28-20-5-3-2-4-19(20)26-21(28)17(13)11-25/h2-7,10H,8-9,12H2,1H3. The molecule has 138 valence electrons. The molecule has 0 spiro atoms. The SMILES string of the molecule is Cc1c2c(n3c(nc4ccccc43)c1C#N)N(Cc1ccc(Cl)cc1Cl)CC2.